The summed E-state index contributed by atoms with van der Waals surface area (Å²) in [4.78, 5) is 10.8. The number of hydrogen-bond acceptors (Lipinski definition) is 2. The fourth-order valence-electron chi connectivity index (χ4n) is 1.01. The summed E-state index contributed by atoms with van der Waals surface area (Å²) in [5.74, 6) is -1.12. The maximum Gasteiger partial charge on any atom is 0.416 e. The minimum atomic E-state index is -4.51. The zero-order valence-corrected chi connectivity index (χ0v) is 9.22. The molecule has 0 spiro atoms. The third kappa shape index (κ3) is 3.56. The van der Waals surface area contributed by atoms with Crippen molar-refractivity contribution in [3.8, 4) is 5.75 Å². The van der Waals surface area contributed by atoms with E-state index in [1.165, 1.54) is 6.92 Å². The molecule has 16 heavy (non-hydrogen) atoms. The van der Waals surface area contributed by atoms with E-state index in [1.807, 2.05) is 13.8 Å². The van der Waals surface area contributed by atoms with Crippen LogP contribution in [0.1, 0.15) is 36.7 Å². The predicted molar refractivity (Wildman–Crippen MR) is 54.5 cm³/mol. The van der Waals surface area contributed by atoms with E-state index in [0.29, 0.717) is 6.07 Å². The molecule has 1 rings (SSSR count). The minimum Gasteiger partial charge on any atom is -0.507 e. The Morgan fingerprint density at radius 2 is 1.75 bits per heavy atom. The van der Waals surface area contributed by atoms with Crippen molar-refractivity contribution >= 4 is 5.78 Å². The highest BCUT2D eigenvalue weighted by molar-refractivity contribution is 5.96. The number of halogens is 3. The van der Waals surface area contributed by atoms with Gasteiger partial charge >= 0.3 is 6.18 Å². The first kappa shape index (κ1) is 14.5. The maximum atomic E-state index is 12.1. The summed E-state index contributed by atoms with van der Waals surface area (Å²) in [6.07, 6.45) is -4.51. The van der Waals surface area contributed by atoms with E-state index >= 15 is 0 Å². The zero-order valence-electron chi connectivity index (χ0n) is 9.22. The van der Waals surface area contributed by atoms with Gasteiger partial charge in [0, 0.05) is 0 Å². The Labute approximate surface area is 91.7 Å². The fraction of sp³-hybridized carbons (Fsp3) is 0.364. The lowest BCUT2D eigenvalue weighted by molar-refractivity contribution is -0.137. The van der Waals surface area contributed by atoms with Gasteiger partial charge in [0.05, 0.1) is 11.1 Å². The molecule has 0 atom stereocenters. The number of phenols is 1. The number of carbonyl (C=O) groups is 1. The first-order valence-electron chi connectivity index (χ1n) is 4.73. The van der Waals surface area contributed by atoms with Crippen LogP contribution in [0.3, 0.4) is 0 Å². The van der Waals surface area contributed by atoms with Crippen molar-refractivity contribution in [2.24, 2.45) is 0 Å². The number of phenolic OH excluding ortho intramolecular Hbond substituents is 1. The fourth-order valence-corrected chi connectivity index (χ4v) is 1.01. The van der Waals surface area contributed by atoms with E-state index < -0.39 is 23.3 Å². The largest absolute Gasteiger partial charge is 0.507 e. The zero-order chi connectivity index (χ0) is 12.9. The summed E-state index contributed by atoms with van der Waals surface area (Å²) in [5.41, 5.74) is -1.09. The van der Waals surface area contributed by atoms with Crippen LogP contribution >= 0.6 is 0 Å². The molecule has 2 nitrogen and oxygen atoms in total. The van der Waals surface area contributed by atoms with E-state index in [9.17, 15) is 18.0 Å². The summed E-state index contributed by atoms with van der Waals surface area (Å²) in [6.45, 7) is 5.17. The second-order valence-corrected chi connectivity index (χ2v) is 2.79. The Kier molecular flexibility index (Phi) is 5.01. The van der Waals surface area contributed by atoms with E-state index in [4.69, 9.17) is 5.11 Å². The molecule has 0 aliphatic carbocycles. The molecule has 0 fully saturated rings. The predicted octanol–water partition coefficient (Wildman–Crippen LogP) is 3.64. The van der Waals surface area contributed by atoms with Crippen molar-refractivity contribution in [2.75, 3.05) is 0 Å². The molecule has 0 bridgehead atoms. The molecule has 5 heteroatoms. The van der Waals surface area contributed by atoms with Gasteiger partial charge in [-0.05, 0) is 25.1 Å². The van der Waals surface area contributed by atoms with E-state index in [0.717, 1.165) is 12.1 Å². The van der Waals surface area contributed by atoms with E-state index in [-0.39, 0.29) is 5.56 Å². The van der Waals surface area contributed by atoms with Crippen LogP contribution in [0.5, 0.6) is 5.75 Å². The van der Waals surface area contributed by atoms with Crippen molar-refractivity contribution in [1.29, 1.82) is 0 Å². The molecule has 0 aromatic heterocycles. The molecule has 0 unspecified atom stereocenters. The van der Waals surface area contributed by atoms with Gasteiger partial charge in [0.1, 0.15) is 5.75 Å². The van der Waals surface area contributed by atoms with Crippen molar-refractivity contribution in [1.82, 2.24) is 0 Å². The van der Waals surface area contributed by atoms with Crippen molar-refractivity contribution < 1.29 is 23.1 Å². The lowest BCUT2D eigenvalue weighted by Crippen LogP contribution is -2.05. The summed E-state index contributed by atoms with van der Waals surface area (Å²) in [7, 11) is 0. The van der Waals surface area contributed by atoms with Crippen LogP contribution < -0.4 is 0 Å². The topological polar surface area (TPSA) is 37.3 Å². The highest BCUT2D eigenvalue weighted by atomic mass is 19.4. The van der Waals surface area contributed by atoms with Crippen LogP contribution in [-0.2, 0) is 6.18 Å². The van der Waals surface area contributed by atoms with Crippen LogP contribution in [0, 0.1) is 0 Å². The molecule has 90 valence electrons. The molecular weight excluding hydrogens is 221 g/mol. The van der Waals surface area contributed by atoms with Gasteiger partial charge in [-0.2, -0.15) is 13.2 Å². The molecule has 0 radical (unpaired) electrons. The highest BCUT2D eigenvalue weighted by Gasteiger charge is 2.31. The molecule has 1 aromatic carbocycles. The van der Waals surface area contributed by atoms with Crippen LogP contribution in [0.2, 0.25) is 0 Å². The van der Waals surface area contributed by atoms with Gasteiger partial charge in [-0.1, -0.05) is 13.8 Å². The van der Waals surface area contributed by atoms with Gasteiger partial charge in [0.15, 0.2) is 5.78 Å². The quantitative estimate of drug-likeness (QED) is 0.753. The summed E-state index contributed by atoms with van der Waals surface area (Å²) < 4.78 is 36.3. The Balaban J connectivity index is 0.00000106. The van der Waals surface area contributed by atoms with Crippen molar-refractivity contribution in [3.05, 3.63) is 29.3 Å². The molecule has 0 saturated carbocycles. The van der Waals surface area contributed by atoms with Gasteiger partial charge in [-0.3, -0.25) is 4.79 Å². The summed E-state index contributed by atoms with van der Waals surface area (Å²) in [6, 6.07) is 2.26. The number of hydrogen-bond donors (Lipinski definition) is 1. The van der Waals surface area contributed by atoms with Crippen molar-refractivity contribution in [2.45, 2.75) is 26.9 Å². The van der Waals surface area contributed by atoms with Crippen LogP contribution in [0.4, 0.5) is 13.2 Å². The van der Waals surface area contributed by atoms with E-state index in [1.54, 1.807) is 0 Å². The molecule has 1 aromatic rings. The Hall–Kier alpha value is -1.52. The van der Waals surface area contributed by atoms with Gasteiger partial charge in [-0.15, -0.1) is 0 Å². The molecule has 0 aliphatic heterocycles. The maximum absolute atomic E-state index is 12.1. The second kappa shape index (κ2) is 5.53. The number of aromatic hydroxyl groups is 1. The standard InChI is InChI=1S/C9H7F3O2.C2H6/c1-5(13)7-3-2-6(4-8(7)14)9(10,11)12;1-2/h2-4,14H,1H3;1-2H3. The smallest absolute Gasteiger partial charge is 0.416 e. The first-order chi connectivity index (χ1) is 7.32. The third-order valence-corrected chi connectivity index (χ3v) is 1.70. The van der Waals surface area contributed by atoms with Gasteiger partial charge < -0.3 is 5.11 Å². The Morgan fingerprint density at radius 1 is 1.25 bits per heavy atom. The monoisotopic (exact) mass is 234 g/mol. The highest BCUT2D eigenvalue weighted by Crippen LogP contribution is 2.32. The Morgan fingerprint density at radius 3 is 2.06 bits per heavy atom. The number of carbonyl (C=O) groups excluding carboxylic acids is 1. The second-order valence-electron chi connectivity index (χ2n) is 2.79. The lowest BCUT2D eigenvalue weighted by atomic mass is 10.1. The van der Waals surface area contributed by atoms with Gasteiger partial charge in [0.25, 0.3) is 0 Å². The number of rotatable bonds is 1. The SMILES string of the molecule is CC.CC(=O)c1ccc(C(F)(F)F)cc1O. The normalized spacial score (nSPS) is 10.4. The van der Waals surface area contributed by atoms with E-state index in [2.05, 4.69) is 0 Å². The average Bonchev–Trinajstić information content (AvgIpc) is 2.18. The van der Waals surface area contributed by atoms with Gasteiger partial charge in [-0.25, -0.2) is 0 Å². The summed E-state index contributed by atoms with van der Waals surface area (Å²) in [5, 5.41) is 9.10. The van der Waals surface area contributed by atoms with Gasteiger partial charge in [0.2, 0.25) is 0 Å². The number of Topliss-reactive ketones (excluding diaryl/α,β-unsaturated/α-hetero) is 1. The minimum absolute atomic E-state index is 0.113. The molecule has 1 N–H and O–H groups in total. The lowest BCUT2D eigenvalue weighted by Gasteiger charge is -2.08. The van der Waals surface area contributed by atoms with Crippen LogP contribution in [0.15, 0.2) is 18.2 Å². The molecule has 0 aliphatic rings. The number of alkyl halides is 3. The van der Waals surface area contributed by atoms with Crippen LogP contribution in [-0.4, -0.2) is 10.9 Å². The van der Waals surface area contributed by atoms with Crippen LogP contribution in [0.25, 0.3) is 0 Å². The van der Waals surface area contributed by atoms with Crippen molar-refractivity contribution in [3.63, 3.8) is 0 Å². The third-order valence-electron chi connectivity index (χ3n) is 1.70. The first-order valence-corrected chi connectivity index (χ1v) is 4.73. The molecule has 0 amide bonds. The number of benzene rings is 1. The average molecular weight is 234 g/mol. The summed E-state index contributed by atoms with van der Waals surface area (Å²) >= 11 is 0. The molecule has 0 saturated heterocycles. The Bertz CT molecular complexity index is 370. The number of ketones is 1. The molecular formula is C11H13F3O2. The molecule has 0 heterocycles.